The molecule has 1 fully saturated rings. The van der Waals surface area contributed by atoms with Gasteiger partial charge in [0.1, 0.15) is 5.75 Å². The second-order valence-electron chi connectivity index (χ2n) is 5.89. The van der Waals surface area contributed by atoms with Crippen molar-refractivity contribution in [3.8, 4) is 5.75 Å². The monoisotopic (exact) mass is 290 g/mol. The van der Waals surface area contributed by atoms with E-state index in [4.69, 9.17) is 10.5 Å². The lowest BCUT2D eigenvalue weighted by atomic mass is 9.85. The van der Waals surface area contributed by atoms with Crippen molar-refractivity contribution in [1.82, 2.24) is 4.90 Å². The van der Waals surface area contributed by atoms with Crippen molar-refractivity contribution < 1.29 is 9.53 Å². The number of rotatable bonds is 5. The largest absolute Gasteiger partial charge is 0.494 e. The van der Waals surface area contributed by atoms with Gasteiger partial charge in [0.15, 0.2) is 0 Å². The van der Waals surface area contributed by atoms with Gasteiger partial charge in [-0.1, -0.05) is 18.6 Å². The summed E-state index contributed by atoms with van der Waals surface area (Å²) < 4.78 is 5.43. The molecule has 21 heavy (non-hydrogen) atoms. The molecular weight excluding hydrogens is 264 g/mol. The summed E-state index contributed by atoms with van der Waals surface area (Å²) in [5.74, 6) is 1.19. The summed E-state index contributed by atoms with van der Waals surface area (Å²) in [6.45, 7) is 3.27. The maximum Gasteiger partial charge on any atom is 0.225 e. The van der Waals surface area contributed by atoms with Gasteiger partial charge < -0.3 is 15.4 Å². The van der Waals surface area contributed by atoms with Crippen molar-refractivity contribution >= 4 is 5.91 Å². The highest BCUT2D eigenvalue weighted by molar-refractivity contribution is 5.78. The van der Waals surface area contributed by atoms with E-state index in [1.807, 2.05) is 43.1 Å². The molecule has 1 amide bonds. The Morgan fingerprint density at radius 3 is 2.67 bits per heavy atom. The molecule has 4 heteroatoms. The topological polar surface area (TPSA) is 55.6 Å². The van der Waals surface area contributed by atoms with E-state index in [0.29, 0.717) is 13.2 Å². The predicted octanol–water partition coefficient (Wildman–Crippen LogP) is 2.56. The van der Waals surface area contributed by atoms with Crippen LogP contribution in [0.2, 0.25) is 0 Å². The van der Waals surface area contributed by atoms with Crippen molar-refractivity contribution in [2.45, 2.75) is 45.2 Å². The number of ether oxygens (including phenoxy) is 1. The van der Waals surface area contributed by atoms with Gasteiger partial charge in [-0.3, -0.25) is 4.79 Å². The first-order valence-electron chi connectivity index (χ1n) is 7.82. The molecule has 2 rings (SSSR count). The lowest BCUT2D eigenvalue weighted by molar-refractivity contribution is -0.135. The Bertz CT molecular complexity index is 458. The summed E-state index contributed by atoms with van der Waals surface area (Å²) >= 11 is 0. The molecule has 0 radical (unpaired) electrons. The van der Waals surface area contributed by atoms with Gasteiger partial charge in [0, 0.05) is 25.6 Å². The second kappa shape index (κ2) is 7.46. The molecule has 2 atom stereocenters. The number of nitrogens with zero attached hydrogens (tertiary/aromatic N) is 1. The molecule has 1 aromatic carbocycles. The summed E-state index contributed by atoms with van der Waals surface area (Å²) in [7, 11) is 1.87. The fourth-order valence-corrected chi connectivity index (χ4v) is 2.97. The molecule has 116 valence electrons. The molecule has 0 aromatic heterocycles. The molecule has 1 aliphatic carbocycles. The van der Waals surface area contributed by atoms with Crippen molar-refractivity contribution in [2.24, 2.45) is 11.7 Å². The van der Waals surface area contributed by atoms with Crippen LogP contribution in [-0.4, -0.2) is 30.5 Å². The number of carbonyl (C=O) groups is 1. The van der Waals surface area contributed by atoms with E-state index >= 15 is 0 Å². The van der Waals surface area contributed by atoms with Gasteiger partial charge in [0.2, 0.25) is 5.91 Å². The zero-order valence-electron chi connectivity index (χ0n) is 13.0. The van der Waals surface area contributed by atoms with E-state index in [1.54, 1.807) is 0 Å². The molecule has 0 bridgehead atoms. The fourth-order valence-electron chi connectivity index (χ4n) is 2.97. The minimum atomic E-state index is 0.0986. The van der Waals surface area contributed by atoms with E-state index in [9.17, 15) is 4.79 Å². The molecule has 0 saturated heterocycles. The molecule has 0 aliphatic heterocycles. The van der Waals surface area contributed by atoms with Crippen LogP contribution in [0.4, 0.5) is 0 Å². The number of benzene rings is 1. The van der Waals surface area contributed by atoms with Crippen LogP contribution in [0.3, 0.4) is 0 Å². The second-order valence-corrected chi connectivity index (χ2v) is 5.89. The van der Waals surface area contributed by atoms with Crippen LogP contribution in [0.25, 0.3) is 0 Å². The summed E-state index contributed by atoms with van der Waals surface area (Å²) in [6, 6.07) is 8.12. The average molecular weight is 290 g/mol. The normalized spacial score (nSPS) is 21.9. The Kier molecular flexibility index (Phi) is 5.62. The number of hydrogen-bond donors (Lipinski definition) is 1. The standard InChI is InChI=1S/C17H26N2O2/c1-3-21-16-9-7-13(8-10-16)12-19(2)17(20)14-5-4-6-15(18)11-14/h7-10,14-15H,3-6,11-12,18H2,1-2H3. The summed E-state index contributed by atoms with van der Waals surface area (Å²) in [5, 5.41) is 0. The van der Waals surface area contributed by atoms with Gasteiger partial charge >= 0.3 is 0 Å². The summed E-state index contributed by atoms with van der Waals surface area (Å²) in [6.07, 6.45) is 3.91. The van der Waals surface area contributed by atoms with Gasteiger partial charge in [-0.25, -0.2) is 0 Å². The minimum Gasteiger partial charge on any atom is -0.494 e. The van der Waals surface area contributed by atoms with E-state index in [1.165, 1.54) is 0 Å². The smallest absolute Gasteiger partial charge is 0.225 e. The molecule has 1 saturated carbocycles. The van der Waals surface area contributed by atoms with Gasteiger partial charge in [0.25, 0.3) is 0 Å². The van der Waals surface area contributed by atoms with E-state index in [2.05, 4.69) is 0 Å². The highest BCUT2D eigenvalue weighted by Gasteiger charge is 2.27. The predicted molar refractivity (Wildman–Crippen MR) is 84.0 cm³/mol. The van der Waals surface area contributed by atoms with Gasteiger partial charge in [-0.15, -0.1) is 0 Å². The third kappa shape index (κ3) is 4.46. The van der Waals surface area contributed by atoms with Gasteiger partial charge in [0.05, 0.1) is 6.61 Å². The van der Waals surface area contributed by atoms with Gasteiger partial charge in [-0.2, -0.15) is 0 Å². The molecule has 2 N–H and O–H groups in total. The Morgan fingerprint density at radius 1 is 1.33 bits per heavy atom. The van der Waals surface area contributed by atoms with Crippen LogP contribution >= 0.6 is 0 Å². The highest BCUT2D eigenvalue weighted by atomic mass is 16.5. The molecule has 2 unspecified atom stereocenters. The average Bonchev–Trinajstić information content (AvgIpc) is 2.48. The van der Waals surface area contributed by atoms with Crippen molar-refractivity contribution in [2.75, 3.05) is 13.7 Å². The quantitative estimate of drug-likeness (QED) is 0.906. The maximum atomic E-state index is 12.5. The van der Waals surface area contributed by atoms with Crippen molar-refractivity contribution in [3.05, 3.63) is 29.8 Å². The molecule has 0 heterocycles. The lowest BCUT2D eigenvalue weighted by Gasteiger charge is -2.29. The third-order valence-corrected chi connectivity index (χ3v) is 4.09. The Hall–Kier alpha value is -1.55. The Labute approximate surface area is 127 Å². The van der Waals surface area contributed by atoms with Crippen molar-refractivity contribution in [3.63, 3.8) is 0 Å². The van der Waals surface area contributed by atoms with Crippen LogP contribution in [-0.2, 0) is 11.3 Å². The third-order valence-electron chi connectivity index (χ3n) is 4.09. The first-order valence-corrected chi connectivity index (χ1v) is 7.82. The number of nitrogens with two attached hydrogens (primary N) is 1. The first-order chi connectivity index (χ1) is 10.1. The van der Waals surface area contributed by atoms with Crippen LogP contribution in [0.5, 0.6) is 5.75 Å². The fraction of sp³-hybridized carbons (Fsp3) is 0.588. The molecule has 0 spiro atoms. The minimum absolute atomic E-state index is 0.0986. The number of carbonyl (C=O) groups excluding carboxylic acids is 1. The van der Waals surface area contributed by atoms with Crippen LogP contribution in [0, 0.1) is 5.92 Å². The van der Waals surface area contributed by atoms with Crippen LogP contribution < -0.4 is 10.5 Å². The Balaban J connectivity index is 1.90. The maximum absolute atomic E-state index is 12.5. The summed E-state index contributed by atoms with van der Waals surface area (Å²) in [5.41, 5.74) is 7.10. The molecule has 1 aliphatic rings. The first kappa shape index (κ1) is 15.8. The van der Waals surface area contributed by atoms with E-state index in [-0.39, 0.29) is 17.9 Å². The van der Waals surface area contributed by atoms with Crippen LogP contribution in [0.15, 0.2) is 24.3 Å². The molecule has 1 aromatic rings. The number of hydrogen-bond acceptors (Lipinski definition) is 3. The number of amides is 1. The van der Waals surface area contributed by atoms with E-state index in [0.717, 1.165) is 37.0 Å². The molecular formula is C17H26N2O2. The summed E-state index contributed by atoms with van der Waals surface area (Å²) in [4.78, 5) is 14.3. The van der Waals surface area contributed by atoms with Crippen LogP contribution in [0.1, 0.15) is 38.2 Å². The lowest BCUT2D eigenvalue weighted by Crippen LogP contribution is -2.38. The molecule has 4 nitrogen and oxygen atoms in total. The Morgan fingerprint density at radius 2 is 2.05 bits per heavy atom. The zero-order valence-corrected chi connectivity index (χ0v) is 13.0. The van der Waals surface area contributed by atoms with E-state index < -0.39 is 0 Å². The highest BCUT2D eigenvalue weighted by Crippen LogP contribution is 2.25. The zero-order chi connectivity index (χ0) is 15.2. The SMILES string of the molecule is CCOc1ccc(CN(C)C(=O)C2CCCC(N)C2)cc1. The van der Waals surface area contributed by atoms with Gasteiger partial charge in [-0.05, 0) is 43.9 Å². The van der Waals surface area contributed by atoms with Crippen molar-refractivity contribution in [1.29, 1.82) is 0 Å².